The molecule has 2 aliphatic heterocycles. The first-order valence-electron chi connectivity index (χ1n) is 10.1. The first-order chi connectivity index (χ1) is 13.2. The molecule has 2 saturated carbocycles. The molecule has 0 amide bonds. The zero-order valence-corrected chi connectivity index (χ0v) is 15.8. The van der Waals surface area contributed by atoms with Crippen molar-refractivity contribution in [2.45, 2.75) is 30.7 Å². The van der Waals surface area contributed by atoms with Gasteiger partial charge >= 0.3 is 0 Å². The molecular formula is C23H26N2O2. The highest BCUT2D eigenvalue weighted by Crippen LogP contribution is 2.66. The van der Waals surface area contributed by atoms with Crippen molar-refractivity contribution in [2.75, 3.05) is 14.1 Å². The van der Waals surface area contributed by atoms with Crippen LogP contribution >= 0.6 is 0 Å². The number of rotatable bonds is 2. The lowest BCUT2D eigenvalue weighted by Crippen LogP contribution is -2.40. The highest BCUT2D eigenvalue weighted by atomic mass is 16.7. The highest BCUT2D eigenvalue weighted by Gasteiger charge is 2.69. The predicted octanol–water partition coefficient (Wildman–Crippen LogP) is 3.84. The second kappa shape index (κ2) is 5.89. The number of nitrogens with zero attached hydrogens (tertiary/aromatic N) is 2. The van der Waals surface area contributed by atoms with Gasteiger partial charge in [-0.1, -0.05) is 60.7 Å². The summed E-state index contributed by atoms with van der Waals surface area (Å²) in [5.74, 6) is 2.17. The standard InChI is InChI=1S/C23H26N2O2/c1-24-20(14-9-5-3-6-10-14)18-16-13-17(22(18)26-24)19-21(25(2)27-23(16)19)15-11-7-4-8-12-15/h3-12,16-23H,13H2,1-2H3/t16-,17+,18-,19+,20-,21-,22-,23+/m1/s1. The fourth-order valence-corrected chi connectivity index (χ4v) is 6.68. The molecule has 0 spiro atoms. The van der Waals surface area contributed by atoms with Gasteiger partial charge in [-0.05, 0) is 29.4 Å². The smallest absolute Gasteiger partial charge is 0.0876 e. The summed E-state index contributed by atoms with van der Waals surface area (Å²) in [4.78, 5) is 12.9. The molecule has 0 radical (unpaired) electrons. The molecule has 4 heteroatoms. The lowest BCUT2D eigenvalue weighted by Gasteiger charge is -2.34. The zero-order valence-electron chi connectivity index (χ0n) is 15.8. The van der Waals surface area contributed by atoms with Crippen LogP contribution in [0, 0.1) is 23.7 Å². The van der Waals surface area contributed by atoms with Gasteiger partial charge in [0, 0.05) is 25.9 Å². The van der Waals surface area contributed by atoms with Gasteiger partial charge in [0.15, 0.2) is 0 Å². The Morgan fingerprint density at radius 2 is 1.07 bits per heavy atom. The summed E-state index contributed by atoms with van der Waals surface area (Å²) in [5, 5.41) is 4.23. The van der Waals surface area contributed by atoms with Gasteiger partial charge in [0.25, 0.3) is 0 Å². The maximum Gasteiger partial charge on any atom is 0.0876 e. The third-order valence-electron chi connectivity index (χ3n) is 7.51. The zero-order chi connectivity index (χ0) is 18.1. The Labute approximate surface area is 160 Å². The fourth-order valence-electron chi connectivity index (χ4n) is 6.68. The van der Waals surface area contributed by atoms with Crippen molar-refractivity contribution in [3.05, 3.63) is 71.8 Å². The van der Waals surface area contributed by atoms with Crippen LogP contribution in [0.1, 0.15) is 29.6 Å². The van der Waals surface area contributed by atoms with Crippen molar-refractivity contribution in [3.8, 4) is 0 Å². The van der Waals surface area contributed by atoms with Crippen molar-refractivity contribution < 1.29 is 9.68 Å². The maximum atomic E-state index is 6.47. The summed E-state index contributed by atoms with van der Waals surface area (Å²) < 4.78 is 0. The van der Waals surface area contributed by atoms with E-state index in [0.717, 1.165) is 0 Å². The van der Waals surface area contributed by atoms with E-state index >= 15 is 0 Å². The molecule has 140 valence electrons. The summed E-state index contributed by atoms with van der Waals surface area (Å²) in [7, 11) is 4.21. The van der Waals surface area contributed by atoms with Crippen molar-refractivity contribution >= 4 is 0 Å². The van der Waals surface area contributed by atoms with Gasteiger partial charge in [-0.2, -0.15) is 10.1 Å². The van der Waals surface area contributed by atoms with Gasteiger partial charge in [-0.15, -0.1) is 0 Å². The van der Waals surface area contributed by atoms with Crippen LogP contribution in [-0.2, 0) is 9.68 Å². The summed E-state index contributed by atoms with van der Waals surface area (Å²) in [6, 6.07) is 22.4. The third kappa shape index (κ3) is 2.18. The average Bonchev–Trinajstić information content (AvgIpc) is 3.40. The number of hydrogen-bond donors (Lipinski definition) is 0. The van der Waals surface area contributed by atoms with Crippen LogP contribution in [0.2, 0.25) is 0 Å². The quantitative estimate of drug-likeness (QED) is 0.810. The average molecular weight is 362 g/mol. The SMILES string of the molecule is CN1O[C@H]2[C@@H]3C[C@H]([C@H]4ON(C)[C@H](c5ccccc5)[C@@H]34)[C@H]2[C@H]1c1ccccc1. The topological polar surface area (TPSA) is 24.9 Å². The van der Waals surface area contributed by atoms with Crippen LogP contribution in [0.4, 0.5) is 0 Å². The van der Waals surface area contributed by atoms with Crippen LogP contribution < -0.4 is 0 Å². The van der Waals surface area contributed by atoms with E-state index < -0.39 is 0 Å². The summed E-state index contributed by atoms with van der Waals surface area (Å²) >= 11 is 0. The second-order valence-electron chi connectivity index (χ2n) is 8.66. The molecular weight excluding hydrogens is 336 g/mol. The van der Waals surface area contributed by atoms with Crippen LogP contribution in [-0.4, -0.2) is 36.4 Å². The molecule has 2 saturated heterocycles. The summed E-state index contributed by atoms with van der Waals surface area (Å²) in [5.41, 5.74) is 2.73. The molecule has 0 unspecified atom stereocenters. The van der Waals surface area contributed by atoms with E-state index in [1.165, 1.54) is 17.5 Å². The Kier molecular flexibility index (Phi) is 3.54. The lowest BCUT2D eigenvalue weighted by molar-refractivity contribution is -0.165. The van der Waals surface area contributed by atoms with Crippen molar-refractivity contribution in [2.24, 2.45) is 23.7 Å². The van der Waals surface area contributed by atoms with E-state index in [9.17, 15) is 0 Å². The van der Waals surface area contributed by atoms with Crippen LogP contribution in [0.5, 0.6) is 0 Å². The third-order valence-corrected chi connectivity index (χ3v) is 7.51. The summed E-state index contributed by atoms with van der Waals surface area (Å²) in [6.07, 6.45) is 1.86. The van der Waals surface area contributed by atoms with E-state index in [-0.39, 0.29) is 0 Å². The number of benzene rings is 2. The van der Waals surface area contributed by atoms with Crippen molar-refractivity contribution in [3.63, 3.8) is 0 Å². The Morgan fingerprint density at radius 3 is 1.48 bits per heavy atom. The second-order valence-corrected chi connectivity index (χ2v) is 8.66. The van der Waals surface area contributed by atoms with E-state index in [1.807, 2.05) is 0 Å². The number of hydroxylamine groups is 4. The molecule has 8 atom stereocenters. The minimum Gasteiger partial charge on any atom is -0.295 e. The monoisotopic (exact) mass is 362 g/mol. The van der Waals surface area contributed by atoms with Crippen LogP contribution in [0.15, 0.2) is 60.7 Å². The maximum absolute atomic E-state index is 6.47. The molecule has 2 aromatic rings. The van der Waals surface area contributed by atoms with Gasteiger partial charge in [0.1, 0.15) is 0 Å². The van der Waals surface area contributed by atoms with Gasteiger partial charge in [0.05, 0.1) is 24.3 Å². The van der Waals surface area contributed by atoms with Gasteiger partial charge in [0.2, 0.25) is 0 Å². The largest absolute Gasteiger partial charge is 0.295 e. The Bertz CT molecular complexity index is 759. The molecule has 2 bridgehead atoms. The van der Waals surface area contributed by atoms with Gasteiger partial charge < -0.3 is 0 Å². The Hall–Kier alpha value is -1.72. The highest BCUT2D eigenvalue weighted by molar-refractivity contribution is 5.28. The van der Waals surface area contributed by atoms with Crippen molar-refractivity contribution in [1.29, 1.82) is 0 Å². The number of fused-ring (bicyclic) bond motifs is 8. The van der Waals surface area contributed by atoms with Crippen molar-refractivity contribution in [1.82, 2.24) is 10.1 Å². The predicted molar refractivity (Wildman–Crippen MR) is 102 cm³/mol. The van der Waals surface area contributed by atoms with Crippen LogP contribution in [0.25, 0.3) is 0 Å². The van der Waals surface area contributed by atoms with E-state index in [2.05, 4.69) is 84.9 Å². The van der Waals surface area contributed by atoms with Gasteiger partial charge in [-0.3, -0.25) is 9.68 Å². The molecule has 27 heavy (non-hydrogen) atoms. The molecule has 2 heterocycles. The van der Waals surface area contributed by atoms with E-state index in [0.29, 0.717) is 48.0 Å². The minimum atomic E-state index is 0.313. The first kappa shape index (κ1) is 16.3. The molecule has 4 fully saturated rings. The lowest BCUT2D eigenvalue weighted by atomic mass is 9.71. The van der Waals surface area contributed by atoms with E-state index in [1.54, 1.807) is 0 Å². The molecule has 6 rings (SSSR count). The normalized spacial score (nSPS) is 43.2. The first-order valence-corrected chi connectivity index (χ1v) is 10.1. The molecule has 0 N–H and O–H groups in total. The molecule has 0 aromatic heterocycles. The number of hydrogen-bond acceptors (Lipinski definition) is 4. The Morgan fingerprint density at radius 1 is 0.667 bits per heavy atom. The molecule has 2 aliphatic carbocycles. The summed E-state index contributed by atoms with van der Waals surface area (Å²) in [6.45, 7) is 0. The Balaban J connectivity index is 1.36. The van der Waals surface area contributed by atoms with E-state index in [4.69, 9.17) is 9.68 Å². The van der Waals surface area contributed by atoms with Gasteiger partial charge in [-0.25, -0.2) is 0 Å². The molecule has 2 aromatic carbocycles. The fraction of sp³-hybridized carbons (Fsp3) is 0.478. The molecule has 4 nitrogen and oxygen atoms in total. The molecule has 4 aliphatic rings. The minimum absolute atomic E-state index is 0.313. The van der Waals surface area contributed by atoms with Crippen LogP contribution in [0.3, 0.4) is 0 Å².